The molecule has 0 fully saturated rings. The largest absolute Gasteiger partial charge is 0.490 e. The van der Waals surface area contributed by atoms with Gasteiger partial charge in [-0.3, -0.25) is 19.6 Å². The minimum atomic E-state index is -4.04. The fourth-order valence-corrected chi connectivity index (χ4v) is 3.11. The number of nitro groups is 1. The van der Waals surface area contributed by atoms with Crippen molar-refractivity contribution in [1.29, 1.82) is 0 Å². The second kappa shape index (κ2) is 7.18. The minimum absolute atomic E-state index is 0.0427. The first-order valence-electron chi connectivity index (χ1n) is 6.96. The third-order valence-electron chi connectivity index (χ3n) is 3.28. The molecule has 2 rings (SSSR count). The Bertz CT molecular complexity index is 909. The molecule has 0 aliphatic heterocycles. The van der Waals surface area contributed by atoms with Gasteiger partial charge in [0.1, 0.15) is 0 Å². The summed E-state index contributed by atoms with van der Waals surface area (Å²) in [5, 5.41) is 13.5. The lowest BCUT2D eigenvalue weighted by Gasteiger charge is -2.09. The van der Waals surface area contributed by atoms with Crippen LogP contribution in [0.1, 0.15) is 10.4 Å². The monoisotopic (exact) mass is 365 g/mol. The van der Waals surface area contributed by atoms with E-state index in [2.05, 4.69) is 10.0 Å². The number of rotatable bonds is 6. The highest BCUT2D eigenvalue weighted by Gasteiger charge is 2.22. The van der Waals surface area contributed by atoms with Gasteiger partial charge in [-0.25, -0.2) is 8.42 Å². The summed E-state index contributed by atoms with van der Waals surface area (Å²) in [5.74, 6) is -0.348. The lowest BCUT2D eigenvalue weighted by Crippen LogP contribution is -2.18. The zero-order valence-corrected chi connectivity index (χ0v) is 14.2. The van der Waals surface area contributed by atoms with E-state index in [0.717, 1.165) is 6.07 Å². The Morgan fingerprint density at radius 2 is 1.80 bits per heavy atom. The van der Waals surface area contributed by atoms with Gasteiger partial charge in [-0.05, 0) is 36.4 Å². The highest BCUT2D eigenvalue weighted by molar-refractivity contribution is 7.92. The van der Waals surface area contributed by atoms with Crippen molar-refractivity contribution >= 4 is 27.3 Å². The number of benzene rings is 2. The van der Waals surface area contributed by atoms with E-state index in [-0.39, 0.29) is 22.2 Å². The van der Waals surface area contributed by atoms with Crippen LogP contribution in [0.2, 0.25) is 0 Å². The molecule has 132 valence electrons. The molecule has 2 N–H and O–H groups in total. The first-order chi connectivity index (χ1) is 11.8. The maximum Gasteiger partial charge on any atom is 0.312 e. The number of hydrogen-bond acceptors (Lipinski definition) is 6. The van der Waals surface area contributed by atoms with Gasteiger partial charge in [-0.2, -0.15) is 0 Å². The Labute approximate surface area is 143 Å². The maximum atomic E-state index is 12.4. The van der Waals surface area contributed by atoms with Crippen molar-refractivity contribution in [2.75, 3.05) is 18.9 Å². The molecule has 9 nitrogen and oxygen atoms in total. The van der Waals surface area contributed by atoms with Crippen molar-refractivity contribution in [2.24, 2.45) is 0 Å². The van der Waals surface area contributed by atoms with Gasteiger partial charge in [0.25, 0.3) is 15.9 Å². The molecular weight excluding hydrogens is 350 g/mol. The second-order valence-corrected chi connectivity index (χ2v) is 6.54. The Kier molecular flexibility index (Phi) is 5.22. The number of nitro benzene ring substituents is 1. The SMILES string of the molecule is CNC(=O)c1ccc(NS(=O)(=O)c2ccc(OC)c([N+](=O)[O-])c2)cc1. The molecule has 2 aromatic carbocycles. The van der Waals surface area contributed by atoms with Crippen LogP contribution in [-0.4, -0.2) is 33.4 Å². The zero-order valence-electron chi connectivity index (χ0n) is 13.3. The number of methoxy groups -OCH3 is 1. The fourth-order valence-electron chi connectivity index (χ4n) is 2.03. The van der Waals surface area contributed by atoms with Crippen LogP contribution in [0.4, 0.5) is 11.4 Å². The summed E-state index contributed by atoms with van der Waals surface area (Å²) in [6.45, 7) is 0. The van der Waals surface area contributed by atoms with Crippen molar-refractivity contribution in [2.45, 2.75) is 4.90 Å². The highest BCUT2D eigenvalue weighted by atomic mass is 32.2. The number of sulfonamides is 1. The highest BCUT2D eigenvalue weighted by Crippen LogP contribution is 2.30. The molecule has 0 aliphatic rings. The molecule has 1 amide bonds. The number of nitrogens with zero attached hydrogens (tertiary/aromatic N) is 1. The van der Waals surface area contributed by atoms with E-state index in [4.69, 9.17) is 4.74 Å². The van der Waals surface area contributed by atoms with Crippen LogP contribution in [0.3, 0.4) is 0 Å². The topological polar surface area (TPSA) is 128 Å². The van der Waals surface area contributed by atoms with Crippen molar-refractivity contribution in [3.05, 3.63) is 58.1 Å². The van der Waals surface area contributed by atoms with Gasteiger partial charge in [-0.1, -0.05) is 0 Å². The van der Waals surface area contributed by atoms with Gasteiger partial charge < -0.3 is 10.1 Å². The van der Waals surface area contributed by atoms with Crippen molar-refractivity contribution < 1.29 is 22.9 Å². The summed E-state index contributed by atoms with van der Waals surface area (Å²) in [6.07, 6.45) is 0. The molecule has 0 radical (unpaired) electrons. The number of anilines is 1. The quantitative estimate of drug-likeness (QED) is 0.593. The van der Waals surface area contributed by atoms with Gasteiger partial charge in [0, 0.05) is 24.4 Å². The summed E-state index contributed by atoms with van der Waals surface area (Å²) in [4.78, 5) is 21.5. The summed E-state index contributed by atoms with van der Waals surface area (Å²) in [7, 11) is -1.31. The van der Waals surface area contributed by atoms with Crippen LogP contribution in [0, 0.1) is 10.1 Å². The Morgan fingerprint density at radius 3 is 2.32 bits per heavy atom. The Balaban J connectivity index is 2.31. The first kappa shape index (κ1) is 18.2. The van der Waals surface area contributed by atoms with Crippen LogP contribution in [0.15, 0.2) is 47.4 Å². The van der Waals surface area contributed by atoms with Crippen LogP contribution in [0.5, 0.6) is 5.75 Å². The lowest BCUT2D eigenvalue weighted by atomic mass is 10.2. The molecule has 0 saturated carbocycles. The second-order valence-electron chi connectivity index (χ2n) is 4.85. The van der Waals surface area contributed by atoms with Crippen molar-refractivity contribution in [3.8, 4) is 5.75 Å². The van der Waals surface area contributed by atoms with E-state index in [9.17, 15) is 23.3 Å². The summed E-state index contributed by atoms with van der Waals surface area (Å²) < 4.78 is 31.9. The molecule has 0 aliphatic carbocycles. The summed E-state index contributed by atoms with van der Waals surface area (Å²) >= 11 is 0. The van der Waals surface area contributed by atoms with Crippen LogP contribution in [0.25, 0.3) is 0 Å². The molecule has 0 spiro atoms. The fraction of sp³-hybridized carbons (Fsp3) is 0.133. The van der Waals surface area contributed by atoms with Crippen molar-refractivity contribution in [1.82, 2.24) is 5.32 Å². The van der Waals surface area contributed by atoms with Crippen LogP contribution < -0.4 is 14.8 Å². The average molecular weight is 365 g/mol. The van der Waals surface area contributed by atoms with Gasteiger partial charge in [0.2, 0.25) is 0 Å². The number of ether oxygens (including phenoxy) is 1. The number of amides is 1. The van der Waals surface area contributed by atoms with Crippen LogP contribution in [-0.2, 0) is 10.0 Å². The molecule has 0 heterocycles. The molecule has 25 heavy (non-hydrogen) atoms. The van der Waals surface area contributed by atoms with Gasteiger partial charge >= 0.3 is 5.69 Å². The third-order valence-corrected chi connectivity index (χ3v) is 4.66. The van der Waals surface area contributed by atoms with Crippen LogP contribution >= 0.6 is 0 Å². The molecular formula is C15H15N3O6S. The van der Waals surface area contributed by atoms with E-state index >= 15 is 0 Å². The van der Waals surface area contributed by atoms with Gasteiger partial charge in [-0.15, -0.1) is 0 Å². The molecule has 0 bridgehead atoms. The smallest absolute Gasteiger partial charge is 0.312 e. The lowest BCUT2D eigenvalue weighted by molar-refractivity contribution is -0.386. The van der Waals surface area contributed by atoms with E-state index in [1.54, 1.807) is 0 Å². The maximum absolute atomic E-state index is 12.4. The first-order valence-corrected chi connectivity index (χ1v) is 8.44. The molecule has 10 heteroatoms. The van der Waals surface area contributed by atoms with E-state index < -0.39 is 20.6 Å². The minimum Gasteiger partial charge on any atom is -0.490 e. The predicted molar refractivity (Wildman–Crippen MR) is 90.3 cm³/mol. The molecule has 0 atom stereocenters. The standard InChI is InChI=1S/C15H15N3O6S/c1-16-15(19)10-3-5-11(6-4-10)17-25(22,23)12-7-8-14(24-2)13(9-12)18(20)21/h3-9,17H,1-2H3,(H,16,19). The normalized spacial score (nSPS) is 10.8. The third kappa shape index (κ3) is 4.04. The van der Waals surface area contributed by atoms with E-state index in [0.29, 0.717) is 5.56 Å². The van der Waals surface area contributed by atoms with E-state index in [1.165, 1.54) is 50.6 Å². The van der Waals surface area contributed by atoms with E-state index in [1.807, 2.05) is 0 Å². The van der Waals surface area contributed by atoms with Crippen molar-refractivity contribution in [3.63, 3.8) is 0 Å². The molecule has 2 aromatic rings. The molecule has 0 unspecified atom stereocenters. The number of carbonyl (C=O) groups is 1. The predicted octanol–water partition coefficient (Wildman–Crippen LogP) is 1.76. The summed E-state index contributed by atoms with van der Waals surface area (Å²) in [6, 6.07) is 9.06. The zero-order chi connectivity index (χ0) is 18.6. The number of carbonyl (C=O) groups excluding carboxylic acids is 1. The Hall–Kier alpha value is -3.14. The average Bonchev–Trinajstić information content (AvgIpc) is 2.60. The van der Waals surface area contributed by atoms with Gasteiger partial charge in [0.05, 0.1) is 16.9 Å². The number of hydrogen-bond donors (Lipinski definition) is 2. The molecule has 0 saturated heterocycles. The van der Waals surface area contributed by atoms with Gasteiger partial charge in [0.15, 0.2) is 5.75 Å². The Morgan fingerprint density at radius 1 is 1.16 bits per heavy atom. The molecule has 0 aromatic heterocycles. The summed E-state index contributed by atoms with van der Waals surface area (Å²) in [5.41, 5.74) is 0.122. The number of nitrogens with one attached hydrogen (secondary N) is 2.